The van der Waals surface area contributed by atoms with E-state index in [1.807, 2.05) is 18.2 Å². The predicted molar refractivity (Wildman–Crippen MR) is 90.0 cm³/mol. The summed E-state index contributed by atoms with van der Waals surface area (Å²) in [7, 11) is 0.182. The number of methoxy groups -OCH3 is 2. The summed E-state index contributed by atoms with van der Waals surface area (Å²) < 4.78 is 33.1. The first kappa shape index (κ1) is 18.3. The van der Waals surface area contributed by atoms with Gasteiger partial charge in [0, 0.05) is 12.6 Å². The van der Waals surface area contributed by atoms with Crippen molar-refractivity contribution in [2.24, 2.45) is 0 Å². The molecule has 1 heterocycles. The molecule has 24 heavy (non-hydrogen) atoms. The van der Waals surface area contributed by atoms with Crippen molar-refractivity contribution in [2.75, 3.05) is 32.3 Å². The minimum absolute atomic E-state index is 0.0545. The maximum Gasteiger partial charge on any atom is 0.329 e. The van der Waals surface area contributed by atoms with Gasteiger partial charge in [-0.25, -0.2) is 18.6 Å². The molecule has 0 bridgehead atoms. The second-order valence-corrected chi connectivity index (χ2v) is 7.79. The van der Waals surface area contributed by atoms with Crippen molar-refractivity contribution < 1.29 is 22.7 Å². The van der Waals surface area contributed by atoms with Crippen LogP contribution in [0.5, 0.6) is 11.5 Å². The average molecular weight is 357 g/mol. The first-order valence-corrected chi connectivity index (χ1v) is 9.46. The van der Waals surface area contributed by atoms with Crippen LogP contribution < -0.4 is 25.6 Å². The fourth-order valence-electron chi connectivity index (χ4n) is 2.48. The highest BCUT2D eigenvalue weighted by Crippen LogP contribution is 2.27. The van der Waals surface area contributed by atoms with Gasteiger partial charge in [0.2, 0.25) is 0 Å². The van der Waals surface area contributed by atoms with Gasteiger partial charge in [-0.2, -0.15) is 0 Å². The number of benzene rings is 1. The Bertz CT molecular complexity index is 678. The Morgan fingerprint density at radius 1 is 1.25 bits per heavy atom. The van der Waals surface area contributed by atoms with Crippen LogP contribution in [0, 0.1) is 0 Å². The van der Waals surface area contributed by atoms with Crippen molar-refractivity contribution in [2.45, 2.75) is 18.9 Å². The van der Waals surface area contributed by atoms with Gasteiger partial charge in [0.25, 0.3) is 0 Å². The van der Waals surface area contributed by atoms with Gasteiger partial charge in [0.05, 0.1) is 25.7 Å². The predicted octanol–water partition coefficient (Wildman–Crippen LogP) is 0.237. The smallest absolute Gasteiger partial charge is 0.329 e. The van der Waals surface area contributed by atoms with E-state index >= 15 is 0 Å². The van der Waals surface area contributed by atoms with E-state index in [9.17, 15) is 13.2 Å². The van der Waals surface area contributed by atoms with Crippen molar-refractivity contribution in [3.05, 3.63) is 23.8 Å². The van der Waals surface area contributed by atoms with Gasteiger partial charge < -0.3 is 14.8 Å². The van der Waals surface area contributed by atoms with Crippen molar-refractivity contribution in [1.82, 2.24) is 16.2 Å². The molecule has 1 aromatic rings. The molecule has 134 valence electrons. The SMILES string of the molecule is COc1ccc(CCNC(=O)NNC2CCS(=O)(=O)C2)cc1OC. The molecule has 9 heteroatoms. The van der Waals surface area contributed by atoms with E-state index in [0.717, 1.165) is 5.56 Å². The molecular weight excluding hydrogens is 334 g/mol. The number of sulfone groups is 1. The molecule has 0 aliphatic carbocycles. The number of hydrogen-bond donors (Lipinski definition) is 3. The molecule has 1 aromatic carbocycles. The number of carbonyl (C=O) groups is 1. The first-order valence-electron chi connectivity index (χ1n) is 7.64. The third kappa shape index (κ3) is 5.27. The van der Waals surface area contributed by atoms with Crippen LogP contribution in [0.15, 0.2) is 18.2 Å². The molecule has 1 fully saturated rings. The van der Waals surface area contributed by atoms with Crippen molar-refractivity contribution in [3.63, 3.8) is 0 Å². The van der Waals surface area contributed by atoms with Crippen LogP contribution in [0.25, 0.3) is 0 Å². The van der Waals surface area contributed by atoms with E-state index < -0.39 is 9.84 Å². The zero-order valence-electron chi connectivity index (χ0n) is 13.8. The van der Waals surface area contributed by atoms with Crippen LogP contribution in [-0.2, 0) is 16.3 Å². The summed E-state index contributed by atoms with van der Waals surface area (Å²) in [4.78, 5) is 11.7. The molecule has 2 rings (SSSR count). The molecule has 1 aliphatic rings. The van der Waals surface area contributed by atoms with E-state index in [-0.39, 0.29) is 23.6 Å². The lowest BCUT2D eigenvalue weighted by Gasteiger charge is -2.13. The van der Waals surface area contributed by atoms with E-state index in [0.29, 0.717) is 30.9 Å². The lowest BCUT2D eigenvalue weighted by atomic mass is 10.1. The molecule has 1 aliphatic heterocycles. The number of carbonyl (C=O) groups excluding carboxylic acids is 1. The first-order chi connectivity index (χ1) is 11.4. The minimum atomic E-state index is -2.97. The molecule has 1 atom stereocenters. The second kappa shape index (κ2) is 8.20. The third-order valence-corrected chi connectivity index (χ3v) is 5.54. The lowest BCUT2D eigenvalue weighted by Crippen LogP contribution is -2.49. The molecule has 0 radical (unpaired) electrons. The average Bonchev–Trinajstić information content (AvgIpc) is 2.92. The standard InChI is InChI=1S/C15H23N3O5S/c1-22-13-4-3-11(9-14(13)23-2)5-7-16-15(19)18-17-12-6-8-24(20,21)10-12/h3-4,9,12,17H,5-8,10H2,1-2H3,(H2,16,18,19). The van der Waals surface area contributed by atoms with Crippen molar-refractivity contribution in [1.29, 1.82) is 0 Å². The van der Waals surface area contributed by atoms with Crippen LogP contribution in [-0.4, -0.2) is 52.8 Å². The van der Waals surface area contributed by atoms with Crippen LogP contribution in [0.3, 0.4) is 0 Å². The zero-order valence-corrected chi connectivity index (χ0v) is 14.6. The van der Waals surface area contributed by atoms with Gasteiger partial charge in [-0.15, -0.1) is 0 Å². The summed E-state index contributed by atoms with van der Waals surface area (Å²) in [5.41, 5.74) is 6.22. The summed E-state index contributed by atoms with van der Waals surface area (Å²) >= 11 is 0. The van der Waals surface area contributed by atoms with Gasteiger partial charge in [0.1, 0.15) is 0 Å². The number of hydrazine groups is 1. The molecule has 0 saturated carbocycles. The van der Waals surface area contributed by atoms with Crippen LogP contribution in [0.1, 0.15) is 12.0 Å². The highest BCUT2D eigenvalue weighted by Gasteiger charge is 2.27. The highest BCUT2D eigenvalue weighted by atomic mass is 32.2. The molecule has 8 nitrogen and oxygen atoms in total. The summed E-state index contributed by atoms with van der Waals surface area (Å²) in [6, 6.07) is 4.96. The molecule has 0 spiro atoms. The minimum Gasteiger partial charge on any atom is -0.493 e. The summed E-state index contributed by atoms with van der Waals surface area (Å²) in [5.74, 6) is 1.51. The molecule has 3 N–H and O–H groups in total. The van der Waals surface area contributed by atoms with Gasteiger partial charge >= 0.3 is 6.03 Å². The lowest BCUT2D eigenvalue weighted by molar-refractivity contribution is 0.234. The number of urea groups is 1. The van der Waals surface area contributed by atoms with Gasteiger partial charge in [-0.3, -0.25) is 5.43 Å². The molecule has 1 unspecified atom stereocenters. The largest absolute Gasteiger partial charge is 0.493 e. The highest BCUT2D eigenvalue weighted by molar-refractivity contribution is 7.91. The Morgan fingerprint density at radius 3 is 2.62 bits per heavy atom. The maximum absolute atomic E-state index is 11.7. The Balaban J connectivity index is 1.71. The molecule has 2 amide bonds. The number of amides is 2. The maximum atomic E-state index is 11.7. The molecule has 0 aromatic heterocycles. The Labute approximate surface area is 141 Å². The van der Waals surface area contributed by atoms with Crippen LogP contribution >= 0.6 is 0 Å². The Hall–Kier alpha value is -2.00. The van der Waals surface area contributed by atoms with Gasteiger partial charge in [-0.1, -0.05) is 6.07 Å². The fourth-order valence-corrected chi connectivity index (χ4v) is 4.15. The fraction of sp³-hybridized carbons (Fsp3) is 0.533. The number of rotatable bonds is 7. The van der Waals surface area contributed by atoms with Crippen molar-refractivity contribution in [3.8, 4) is 11.5 Å². The summed E-state index contributed by atoms with van der Waals surface area (Å²) in [6.07, 6.45) is 1.14. The Kier molecular flexibility index (Phi) is 6.27. The van der Waals surface area contributed by atoms with E-state index in [4.69, 9.17) is 9.47 Å². The number of hydrogen-bond acceptors (Lipinski definition) is 6. The van der Waals surface area contributed by atoms with Gasteiger partial charge in [0.15, 0.2) is 21.3 Å². The topological polar surface area (TPSA) is 106 Å². The third-order valence-electron chi connectivity index (χ3n) is 3.77. The van der Waals surface area contributed by atoms with E-state index in [1.165, 1.54) is 0 Å². The molecule has 1 saturated heterocycles. The van der Waals surface area contributed by atoms with E-state index in [2.05, 4.69) is 16.2 Å². The monoisotopic (exact) mass is 357 g/mol. The zero-order chi connectivity index (χ0) is 17.6. The van der Waals surface area contributed by atoms with Crippen LogP contribution in [0.4, 0.5) is 4.79 Å². The number of nitrogens with one attached hydrogen (secondary N) is 3. The quantitative estimate of drug-likeness (QED) is 0.604. The molecular formula is C15H23N3O5S. The summed E-state index contributed by atoms with van der Waals surface area (Å²) in [5, 5.41) is 2.71. The van der Waals surface area contributed by atoms with Crippen LogP contribution in [0.2, 0.25) is 0 Å². The van der Waals surface area contributed by atoms with E-state index in [1.54, 1.807) is 14.2 Å². The number of ether oxygens (including phenoxy) is 2. The van der Waals surface area contributed by atoms with Crippen molar-refractivity contribution >= 4 is 15.9 Å². The normalized spacial score (nSPS) is 18.8. The summed E-state index contributed by atoms with van der Waals surface area (Å²) in [6.45, 7) is 0.436. The van der Waals surface area contributed by atoms with Gasteiger partial charge in [-0.05, 0) is 30.5 Å². The second-order valence-electron chi connectivity index (χ2n) is 5.56. The Morgan fingerprint density at radius 2 is 2.00 bits per heavy atom.